The van der Waals surface area contributed by atoms with E-state index in [4.69, 9.17) is 11.7 Å². The minimum Gasteiger partial charge on any atom is -0.293 e. The lowest BCUT2D eigenvalue weighted by molar-refractivity contribution is -0.119. The number of thioether (sulfide) groups is 3. The van der Waals surface area contributed by atoms with Crippen molar-refractivity contribution in [3.63, 3.8) is 0 Å². The maximum absolute atomic E-state index is 11.3. The monoisotopic (exact) mass is 270 g/mol. The number of rotatable bonds is 6. The van der Waals surface area contributed by atoms with Crippen LogP contribution in [-0.2, 0) is 9.59 Å². The van der Waals surface area contributed by atoms with E-state index in [1.807, 2.05) is 10.9 Å². The first kappa shape index (κ1) is 14.9. The van der Waals surface area contributed by atoms with Gasteiger partial charge in [0.05, 0.1) is 0 Å². The summed E-state index contributed by atoms with van der Waals surface area (Å²) < 4.78 is -0.852. The molecule has 0 aromatic rings. The second-order valence-electron chi connectivity index (χ2n) is 2.29. The quantitative estimate of drug-likeness (QED) is 0.214. The van der Waals surface area contributed by atoms with Crippen molar-refractivity contribution in [3.8, 4) is 0 Å². The molecular formula is C6H14N4O2S3. The molecule has 0 aliphatic rings. The minimum atomic E-state index is -0.426. The van der Waals surface area contributed by atoms with Crippen LogP contribution in [0.5, 0.6) is 0 Å². The minimum absolute atomic E-state index is 0.323. The Morgan fingerprint density at radius 3 is 1.53 bits per heavy atom. The molecule has 0 aliphatic carbocycles. The highest BCUT2D eigenvalue weighted by Gasteiger charge is 2.25. The van der Waals surface area contributed by atoms with Gasteiger partial charge in [-0.3, -0.25) is 20.4 Å². The van der Waals surface area contributed by atoms with Gasteiger partial charge in [0.25, 0.3) is 11.8 Å². The number of nitrogens with one attached hydrogen (secondary N) is 2. The van der Waals surface area contributed by atoms with Crippen LogP contribution in [0.3, 0.4) is 0 Å². The normalized spacial score (nSPS) is 14.1. The van der Waals surface area contributed by atoms with Crippen LogP contribution in [-0.4, -0.2) is 33.5 Å². The van der Waals surface area contributed by atoms with Gasteiger partial charge in [0.1, 0.15) is 9.16 Å². The highest BCUT2D eigenvalue weighted by Crippen LogP contribution is 2.31. The summed E-state index contributed by atoms with van der Waals surface area (Å²) in [5.41, 5.74) is 4.10. The summed E-state index contributed by atoms with van der Waals surface area (Å²) in [4.78, 5) is 22.5. The van der Waals surface area contributed by atoms with Crippen molar-refractivity contribution in [3.05, 3.63) is 0 Å². The smallest absolute Gasteiger partial charge is 0.257 e. The van der Waals surface area contributed by atoms with Gasteiger partial charge in [-0.25, -0.2) is 11.7 Å². The number of hydrazine groups is 2. The summed E-state index contributed by atoms with van der Waals surface area (Å²) in [6, 6.07) is 0. The van der Waals surface area contributed by atoms with Crippen LogP contribution >= 0.6 is 35.3 Å². The summed E-state index contributed by atoms with van der Waals surface area (Å²) >= 11 is 3.82. The Morgan fingerprint density at radius 2 is 1.33 bits per heavy atom. The number of amides is 2. The van der Waals surface area contributed by atoms with Gasteiger partial charge in [0.15, 0.2) is 0 Å². The van der Waals surface area contributed by atoms with Crippen LogP contribution in [0.2, 0.25) is 0 Å². The highest BCUT2D eigenvalue weighted by atomic mass is 32.2. The van der Waals surface area contributed by atoms with E-state index in [0.717, 1.165) is 0 Å². The SMILES string of the molecule is CSC(SC(SC)C(=O)NN)C(=O)NN. The lowest BCUT2D eigenvalue weighted by Gasteiger charge is -2.17. The average Bonchev–Trinajstić information content (AvgIpc) is 2.28. The van der Waals surface area contributed by atoms with E-state index in [0.29, 0.717) is 0 Å². The Hall–Kier alpha value is -0.0900. The zero-order valence-electron chi connectivity index (χ0n) is 8.35. The maximum Gasteiger partial charge on any atom is 0.257 e. The molecule has 6 N–H and O–H groups in total. The van der Waals surface area contributed by atoms with Crippen molar-refractivity contribution in [2.75, 3.05) is 12.5 Å². The number of hydrogen-bond acceptors (Lipinski definition) is 7. The van der Waals surface area contributed by atoms with Crippen molar-refractivity contribution < 1.29 is 9.59 Å². The van der Waals surface area contributed by atoms with Crippen LogP contribution < -0.4 is 22.5 Å². The molecule has 9 heteroatoms. The van der Waals surface area contributed by atoms with Crippen LogP contribution in [0, 0.1) is 0 Å². The molecule has 0 aliphatic heterocycles. The largest absolute Gasteiger partial charge is 0.293 e. The van der Waals surface area contributed by atoms with Gasteiger partial charge in [-0.15, -0.1) is 35.3 Å². The van der Waals surface area contributed by atoms with E-state index >= 15 is 0 Å². The molecule has 0 bridgehead atoms. The zero-order valence-corrected chi connectivity index (χ0v) is 10.8. The molecular weight excluding hydrogens is 256 g/mol. The Bertz CT molecular complexity index is 206. The van der Waals surface area contributed by atoms with E-state index in [-0.39, 0.29) is 11.8 Å². The van der Waals surface area contributed by atoms with Gasteiger partial charge in [-0.2, -0.15) is 0 Å². The van der Waals surface area contributed by atoms with E-state index in [9.17, 15) is 9.59 Å². The van der Waals surface area contributed by atoms with Crippen LogP contribution in [0.1, 0.15) is 0 Å². The molecule has 0 saturated carbocycles. The van der Waals surface area contributed by atoms with Gasteiger partial charge in [0.2, 0.25) is 0 Å². The maximum atomic E-state index is 11.3. The lowest BCUT2D eigenvalue weighted by atomic mass is 10.7. The van der Waals surface area contributed by atoms with Crippen molar-refractivity contribution in [2.24, 2.45) is 11.7 Å². The fourth-order valence-corrected chi connectivity index (χ4v) is 3.64. The molecule has 0 heterocycles. The van der Waals surface area contributed by atoms with Crippen LogP contribution in [0.15, 0.2) is 0 Å². The zero-order chi connectivity index (χ0) is 11.8. The van der Waals surface area contributed by atoms with Crippen molar-refractivity contribution >= 4 is 47.1 Å². The third-order valence-electron chi connectivity index (χ3n) is 1.39. The Morgan fingerprint density at radius 1 is 1.00 bits per heavy atom. The van der Waals surface area contributed by atoms with E-state index in [1.54, 1.807) is 12.5 Å². The van der Waals surface area contributed by atoms with Gasteiger partial charge in [0, 0.05) is 0 Å². The topological polar surface area (TPSA) is 110 Å². The number of hydrogen-bond donors (Lipinski definition) is 4. The first-order chi connectivity index (χ1) is 7.10. The summed E-state index contributed by atoms with van der Waals surface area (Å²) in [5, 5.41) is 0. The van der Waals surface area contributed by atoms with Crippen molar-refractivity contribution in [1.82, 2.24) is 10.9 Å². The molecule has 0 saturated heterocycles. The first-order valence-corrected chi connectivity index (χ1v) is 7.34. The van der Waals surface area contributed by atoms with E-state index in [2.05, 4.69) is 0 Å². The first-order valence-electron chi connectivity index (χ1n) is 3.82. The molecule has 2 amide bonds. The lowest BCUT2D eigenvalue weighted by Crippen LogP contribution is -2.40. The molecule has 0 radical (unpaired) electrons. The fourth-order valence-electron chi connectivity index (χ4n) is 0.697. The van der Waals surface area contributed by atoms with Gasteiger partial charge >= 0.3 is 0 Å². The molecule has 2 unspecified atom stereocenters. The molecule has 0 aromatic heterocycles. The summed E-state index contributed by atoms with van der Waals surface area (Å²) in [7, 11) is 0. The third-order valence-corrected chi connectivity index (χ3v) is 5.42. The Balaban J connectivity index is 4.36. The highest BCUT2D eigenvalue weighted by molar-refractivity contribution is 8.25. The van der Waals surface area contributed by atoms with Crippen LogP contribution in [0.25, 0.3) is 0 Å². The van der Waals surface area contributed by atoms with Gasteiger partial charge in [-0.05, 0) is 12.5 Å². The summed E-state index contributed by atoms with van der Waals surface area (Å²) in [6.07, 6.45) is 3.54. The number of nitrogens with two attached hydrogens (primary N) is 2. The van der Waals surface area contributed by atoms with Crippen LogP contribution in [0.4, 0.5) is 0 Å². The van der Waals surface area contributed by atoms with Gasteiger partial charge in [-0.1, -0.05) is 0 Å². The number of carbonyl (C=O) groups is 2. The molecule has 0 rings (SSSR count). The second-order valence-corrected chi connectivity index (χ2v) is 5.99. The molecule has 6 nitrogen and oxygen atoms in total. The fraction of sp³-hybridized carbons (Fsp3) is 0.667. The molecule has 88 valence electrons. The standard InChI is InChI=1S/C6H14N4O2S3/c1-13-5(3(11)9-7)15-6(14-2)4(12)10-8/h5-6H,7-8H2,1-2H3,(H,9,11)(H,10,12). The van der Waals surface area contributed by atoms with Crippen molar-refractivity contribution in [1.29, 1.82) is 0 Å². The van der Waals surface area contributed by atoms with Crippen molar-refractivity contribution in [2.45, 2.75) is 9.16 Å². The van der Waals surface area contributed by atoms with Gasteiger partial charge < -0.3 is 0 Å². The third kappa shape index (κ3) is 4.98. The van der Waals surface area contributed by atoms with E-state index < -0.39 is 9.16 Å². The average molecular weight is 270 g/mol. The molecule has 0 aromatic carbocycles. The Labute approximate surface area is 101 Å². The Kier molecular flexibility index (Phi) is 8.06. The molecule has 0 fully saturated rings. The predicted molar refractivity (Wildman–Crippen MR) is 66.9 cm³/mol. The second kappa shape index (κ2) is 8.11. The molecule has 2 atom stereocenters. The predicted octanol–water partition coefficient (Wildman–Crippen LogP) is -0.922. The number of carbonyl (C=O) groups excluding carboxylic acids is 2. The van der Waals surface area contributed by atoms with E-state index in [1.165, 1.54) is 35.3 Å². The summed E-state index contributed by atoms with van der Waals surface area (Å²) in [6.45, 7) is 0. The molecule has 15 heavy (non-hydrogen) atoms. The summed E-state index contributed by atoms with van der Waals surface area (Å²) in [5.74, 6) is 9.39. The molecule has 0 spiro atoms.